The number of anilines is 1. The van der Waals surface area contributed by atoms with Gasteiger partial charge >= 0.3 is 6.18 Å². The average molecular weight is 397 g/mol. The van der Waals surface area contributed by atoms with E-state index in [2.05, 4.69) is 10.6 Å². The molecule has 0 spiro atoms. The number of benzene rings is 2. The highest BCUT2D eigenvalue weighted by Gasteiger charge is 2.31. The summed E-state index contributed by atoms with van der Waals surface area (Å²) in [5, 5.41) is 6.40. The van der Waals surface area contributed by atoms with Crippen molar-refractivity contribution in [2.45, 2.75) is 12.7 Å². The van der Waals surface area contributed by atoms with Gasteiger partial charge in [0.1, 0.15) is 5.82 Å². The van der Waals surface area contributed by atoms with Gasteiger partial charge in [0, 0.05) is 22.3 Å². The molecule has 0 aliphatic heterocycles. The molecule has 0 atom stereocenters. The highest BCUT2D eigenvalue weighted by molar-refractivity contribution is 7.80. The summed E-state index contributed by atoms with van der Waals surface area (Å²) in [4.78, 5) is 0. The quantitative estimate of drug-likeness (QED) is 0.518. The SMILES string of the molecule is Fc1cc(CNC(=S)Nc2cc(Cl)cc(Cl)c2)cc(C(F)(F)F)c1. The lowest BCUT2D eigenvalue weighted by Gasteiger charge is -2.13. The predicted molar refractivity (Wildman–Crippen MR) is 90.9 cm³/mol. The van der Waals surface area contributed by atoms with Crippen LogP contribution in [0.1, 0.15) is 11.1 Å². The van der Waals surface area contributed by atoms with Crippen LogP contribution < -0.4 is 10.6 Å². The lowest BCUT2D eigenvalue weighted by Crippen LogP contribution is -2.28. The van der Waals surface area contributed by atoms with E-state index in [0.717, 1.165) is 12.1 Å². The van der Waals surface area contributed by atoms with Gasteiger partial charge in [-0.15, -0.1) is 0 Å². The molecule has 128 valence electrons. The highest BCUT2D eigenvalue weighted by Crippen LogP contribution is 2.30. The maximum Gasteiger partial charge on any atom is 0.416 e. The van der Waals surface area contributed by atoms with Gasteiger partial charge < -0.3 is 10.6 Å². The summed E-state index contributed by atoms with van der Waals surface area (Å²) in [6.45, 7) is -0.0824. The van der Waals surface area contributed by atoms with Gasteiger partial charge in [-0.3, -0.25) is 0 Å². The Morgan fingerprint density at radius 2 is 1.62 bits per heavy atom. The minimum atomic E-state index is -4.62. The van der Waals surface area contributed by atoms with Crippen molar-refractivity contribution in [3.63, 3.8) is 0 Å². The molecule has 0 saturated heterocycles. The average Bonchev–Trinajstić information content (AvgIpc) is 2.42. The van der Waals surface area contributed by atoms with Gasteiger partial charge in [-0.25, -0.2) is 4.39 Å². The Morgan fingerprint density at radius 3 is 2.21 bits per heavy atom. The Morgan fingerprint density at radius 1 is 1.00 bits per heavy atom. The monoisotopic (exact) mass is 396 g/mol. The van der Waals surface area contributed by atoms with E-state index in [9.17, 15) is 17.6 Å². The Bertz CT molecular complexity index is 745. The molecule has 2 N–H and O–H groups in total. The summed E-state index contributed by atoms with van der Waals surface area (Å²) in [7, 11) is 0. The molecular formula is C15H10Cl2F4N2S. The number of rotatable bonds is 3. The van der Waals surface area contributed by atoms with Crippen molar-refractivity contribution >= 4 is 46.2 Å². The summed E-state index contributed by atoms with van der Waals surface area (Å²) in [6.07, 6.45) is -4.62. The first-order chi connectivity index (χ1) is 11.1. The zero-order chi connectivity index (χ0) is 17.9. The van der Waals surface area contributed by atoms with Crippen LogP contribution >= 0.6 is 35.4 Å². The van der Waals surface area contributed by atoms with E-state index in [1.807, 2.05) is 0 Å². The van der Waals surface area contributed by atoms with Crippen molar-refractivity contribution in [3.05, 3.63) is 63.4 Å². The van der Waals surface area contributed by atoms with Gasteiger partial charge in [0.15, 0.2) is 5.11 Å². The topological polar surface area (TPSA) is 24.1 Å². The fourth-order valence-electron chi connectivity index (χ4n) is 1.90. The standard InChI is InChI=1S/C15H10Cl2F4N2S/c16-10-4-11(17)6-13(5-10)23-14(24)22-7-8-1-9(15(19,20)21)3-12(18)2-8/h1-6H,7H2,(H2,22,23,24). The van der Waals surface area contributed by atoms with Crippen molar-refractivity contribution in [1.29, 1.82) is 0 Å². The number of alkyl halides is 3. The first-order valence-corrected chi connectivity index (χ1v) is 7.67. The van der Waals surface area contributed by atoms with Crippen LogP contribution in [0.5, 0.6) is 0 Å². The van der Waals surface area contributed by atoms with Gasteiger partial charge in [-0.2, -0.15) is 13.2 Å². The summed E-state index contributed by atoms with van der Waals surface area (Å²) in [5.74, 6) is -0.970. The van der Waals surface area contributed by atoms with Crippen molar-refractivity contribution in [2.75, 3.05) is 5.32 Å². The summed E-state index contributed by atoms with van der Waals surface area (Å²) in [6, 6.07) is 6.98. The van der Waals surface area contributed by atoms with Crippen LogP contribution in [0.15, 0.2) is 36.4 Å². The molecule has 9 heteroatoms. The van der Waals surface area contributed by atoms with Gasteiger partial charge in [-0.05, 0) is 54.2 Å². The van der Waals surface area contributed by atoms with Crippen molar-refractivity contribution in [3.8, 4) is 0 Å². The number of halogens is 6. The number of hydrogen-bond donors (Lipinski definition) is 2. The summed E-state index contributed by atoms with van der Waals surface area (Å²) >= 11 is 16.7. The Hall–Kier alpha value is -1.57. The fourth-order valence-corrected chi connectivity index (χ4v) is 2.62. The van der Waals surface area contributed by atoms with Crippen LogP contribution in [0.4, 0.5) is 23.2 Å². The second kappa shape index (κ2) is 7.55. The zero-order valence-corrected chi connectivity index (χ0v) is 14.2. The van der Waals surface area contributed by atoms with Gasteiger partial charge in [-0.1, -0.05) is 23.2 Å². The zero-order valence-electron chi connectivity index (χ0n) is 11.8. The second-order valence-corrected chi connectivity index (χ2v) is 6.09. The molecule has 0 bridgehead atoms. The largest absolute Gasteiger partial charge is 0.416 e. The van der Waals surface area contributed by atoms with E-state index in [1.54, 1.807) is 12.1 Å². The highest BCUT2D eigenvalue weighted by atomic mass is 35.5. The second-order valence-electron chi connectivity index (χ2n) is 4.81. The predicted octanol–water partition coefficient (Wildman–Crippen LogP) is 5.64. The van der Waals surface area contributed by atoms with Crippen molar-refractivity contribution in [1.82, 2.24) is 5.32 Å². The van der Waals surface area contributed by atoms with E-state index >= 15 is 0 Å². The van der Waals surface area contributed by atoms with E-state index in [0.29, 0.717) is 21.8 Å². The first kappa shape index (κ1) is 18.8. The Kier molecular flexibility index (Phi) is 5.90. The van der Waals surface area contributed by atoms with Crippen molar-refractivity contribution < 1.29 is 17.6 Å². The summed E-state index contributed by atoms with van der Waals surface area (Å²) in [5.41, 5.74) is -0.435. The lowest BCUT2D eigenvalue weighted by molar-refractivity contribution is -0.137. The van der Waals surface area contributed by atoms with Crippen LogP contribution in [0.25, 0.3) is 0 Å². The molecule has 0 saturated carbocycles. The molecule has 0 unspecified atom stereocenters. The molecule has 0 amide bonds. The smallest absolute Gasteiger partial charge is 0.358 e. The van der Waals surface area contributed by atoms with Gasteiger partial charge in [0.05, 0.1) is 5.56 Å². The third-order valence-electron chi connectivity index (χ3n) is 2.86. The molecular weight excluding hydrogens is 387 g/mol. The number of hydrogen-bond acceptors (Lipinski definition) is 1. The van der Waals surface area contributed by atoms with E-state index in [4.69, 9.17) is 35.4 Å². The van der Waals surface area contributed by atoms with E-state index < -0.39 is 17.6 Å². The van der Waals surface area contributed by atoms with Gasteiger partial charge in [0.25, 0.3) is 0 Å². The van der Waals surface area contributed by atoms with E-state index in [1.165, 1.54) is 6.07 Å². The molecule has 2 aromatic rings. The fraction of sp³-hybridized carbons (Fsp3) is 0.133. The van der Waals surface area contributed by atoms with Crippen LogP contribution in [0.3, 0.4) is 0 Å². The van der Waals surface area contributed by atoms with E-state index in [-0.39, 0.29) is 17.2 Å². The molecule has 0 radical (unpaired) electrons. The third kappa shape index (κ3) is 5.51. The van der Waals surface area contributed by atoms with Crippen LogP contribution in [-0.2, 0) is 12.7 Å². The first-order valence-electron chi connectivity index (χ1n) is 6.51. The Balaban J connectivity index is 2.02. The maximum atomic E-state index is 13.3. The molecule has 0 fully saturated rings. The Labute approximate surface area is 150 Å². The van der Waals surface area contributed by atoms with Crippen LogP contribution in [0, 0.1) is 5.82 Å². The van der Waals surface area contributed by atoms with Crippen molar-refractivity contribution in [2.24, 2.45) is 0 Å². The molecule has 0 aliphatic carbocycles. The molecule has 2 rings (SSSR count). The molecule has 24 heavy (non-hydrogen) atoms. The molecule has 0 heterocycles. The molecule has 0 aliphatic rings. The number of nitrogens with one attached hydrogen (secondary N) is 2. The molecule has 2 nitrogen and oxygen atoms in total. The molecule has 0 aromatic heterocycles. The minimum Gasteiger partial charge on any atom is -0.358 e. The maximum absolute atomic E-state index is 13.3. The molecule has 2 aromatic carbocycles. The van der Waals surface area contributed by atoms with Crippen LogP contribution in [-0.4, -0.2) is 5.11 Å². The minimum absolute atomic E-state index is 0.0824. The number of thiocarbonyl (C=S) groups is 1. The normalized spacial score (nSPS) is 11.2. The van der Waals surface area contributed by atoms with Gasteiger partial charge in [0.2, 0.25) is 0 Å². The summed E-state index contributed by atoms with van der Waals surface area (Å²) < 4.78 is 51.3. The lowest BCUT2D eigenvalue weighted by atomic mass is 10.1. The van der Waals surface area contributed by atoms with Crippen LogP contribution in [0.2, 0.25) is 10.0 Å². The third-order valence-corrected chi connectivity index (χ3v) is 3.54.